The van der Waals surface area contributed by atoms with Gasteiger partial charge in [0.15, 0.2) is 17.2 Å². The first-order valence-electron chi connectivity index (χ1n) is 9.67. The smallest absolute Gasteiger partial charge is 0.363 e. The number of halogens is 1. The van der Waals surface area contributed by atoms with Gasteiger partial charge in [0.25, 0.3) is 0 Å². The van der Waals surface area contributed by atoms with Crippen LogP contribution in [-0.4, -0.2) is 19.0 Å². The summed E-state index contributed by atoms with van der Waals surface area (Å²) in [4.78, 5) is 16.4. The Balaban J connectivity index is 1.52. The first kappa shape index (κ1) is 20.3. The molecule has 0 amide bonds. The molecule has 6 heteroatoms. The molecule has 1 heterocycles. The summed E-state index contributed by atoms with van der Waals surface area (Å²) in [5, 5.41) is 0. The molecule has 5 nitrogen and oxygen atoms in total. The highest BCUT2D eigenvalue weighted by Crippen LogP contribution is 2.30. The summed E-state index contributed by atoms with van der Waals surface area (Å²) in [5.41, 5.74) is 3.62. The number of methoxy groups -OCH3 is 1. The first-order chi connectivity index (χ1) is 15.0. The Morgan fingerprint density at radius 2 is 1.74 bits per heavy atom. The normalized spacial score (nSPS) is 14.4. The Bertz CT molecular complexity index is 1170. The molecule has 0 unspecified atom stereocenters. The standard InChI is InChI=1S/C25H20FNO4/c1-16-3-5-17(6-4-16)15-30-22-12-7-18(14-23(22)29-2)13-21-25(28)31-24(27-21)19-8-10-20(26)11-9-19/h3-14H,15H2,1-2H3/b21-13-. The van der Waals surface area contributed by atoms with E-state index in [1.807, 2.05) is 31.2 Å². The number of carbonyl (C=O) groups is 1. The number of hydrogen-bond acceptors (Lipinski definition) is 5. The van der Waals surface area contributed by atoms with E-state index in [4.69, 9.17) is 14.2 Å². The van der Waals surface area contributed by atoms with Crippen molar-refractivity contribution >= 4 is 17.9 Å². The molecule has 0 saturated carbocycles. The molecule has 31 heavy (non-hydrogen) atoms. The molecule has 0 atom stereocenters. The quantitative estimate of drug-likeness (QED) is 0.415. The fraction of sp³-hybridized carbons (Fsp3) is 0.120. The van der Waals surface area contributed by atoms with Crippen molar-refractivity contribution in [2.75, 3.05) is 7.11 Å². The molecule has 3 aromatic carbocycles. The minimum atomic E-state index is -0.571. The predicted octanol–water partition coefficient (Wildman–Crippen LogP) is 5.07. The van der Waals surface area contributed by atoms with Crippen LogP contribution in [0.5, 0.6) is 11.5 Å². The van der Waals surface area contributed by atoms with Crippen LogP contribution in [0.25, 0.3) is 6.08 Å². The highest BCUT2D eigenvalue weighted by Gasteiger charge is 2.24. The van der Waals surface area contributed by atoms with Gasteiger partial charge >= 0.3 is 5.97 Å². The summed E-state index contributed by atoms with van der Waals surface area (Å²) >= 11 is 0. The molecule has 1 aliphatic heterocycles. The highest BCUT2D eigenvalue weighted by atomic mass is 19.1. The average molecular weight is 417 g/mol. The summed E-state index contributed by atoms with van der Waals surface area (Å²) < 4.78 is 29.7. The topological polar surface area (TPSA) is 57.1 Å². The fourth-order valence-electron chi connectivity index (χ4n) is 3.02. The zero-order valence-electron chi connectivity index (χ0n) is 17.1. The predicted molar refractivity (Wildman–Crippen MR) is 116 cm³/mol. The van der Waals surface area contributed by atoms with Gasteiger partial charge in [0.2, 0.25) is 5.90 Å². The van der Waals surface area contributed by atoms with Gasteiger partial charge < -0.3 is 14.2 Å². The third-order valence-electron chi connectivity index (χ3n) is 4.72. The molecule has 0 aliphatic carbocycles. The maximum atomic E-state index is 13.1. The lowest BCUT2D eigenvalue weighted by molar-refractivity contribution is -0.129. The monoisotopic (exact) mass is 417 g/mol. The molecule has 0 bridgehead atoms. The Labute approximate surface area is 179 Å². The zero-order chi connectivity index (χ0) is 21.8. The second-order valence-corrected chi connectivity index (χ2v) is 7.03. The number of aryl methyl sites for hydroxylation is 1. The number of ether oxygens (including phenoxy) is 3. The maximum Gasteiger partial charge on any atom is 0.363 e. The molecular weight excluding hydrogens is 397 g/mol. The molecular formula is C25H20FNO4. The van der Waals surface area contributed by atoms with Gasteiger partial charge in [-0.05, 0) is 60.5 Å². The number of esters is 1. The van der Waals surface area contributed by atoms with Gasteiger partial charge in [0.1, 0.15) is 12.4 Å². The fourth-order valence-corrected chi connectivity index (χ4v) is 3.02. The number of carbonyl (C=O) groups excluding carboxylic acids is 1. The number of benzene rings is 3. The van der Waals surface area contributed by atoms with Gasteiger partial charge in [-0.25, -0.2) is 14.2 Å². The minimum absolute atomic E-state index is 0.140. The summed E-state index contributed by atoms with van der Waals surface area (Å²) in [7, 11) is 1.56. The number of hydrogen-bond donors (Lipinski definition) is 0. The van der Waals surface area contributed by atoms with Crippen molar-refractivity contribution in [1.29, 1.82) is 0 Å². The van der Waals surface area contributed by atoms with Crippen LogP contribution in [0, 0.1) is 12.7 Å². The van der Waals surface area contributed by atoms with Crippen LogP contribution < -0.4 is 9.47 Å². The maximum absolute atomic E-state index is 13.1. The van der Waals surface area contributed by atoms with Gasteiger partial charge in [-0.3, -0.25) is 0 Å². The Hall–Kier alpha value is -3.93. The average Bonchev–Trinajstić information content (AvgIpc) is 3.14. The minimum Gasteiger partial charge on any atom is -0.493 e. The van der Waals surface area contributed by atoms with Crippen LogP contribution in [0.1, 0.15) is 22.3 Å². The van der Waals surface area contributed by atoms with Crippen molar-refractivity contribution in [2.45, 2.75) is 13.5 Å². The van der Waals surface area contributed by atoms with Crippen molar-refractivity contribution in [1.82, 2.24) is 0 Å². The summed E-state index contributed by atoms with van der Waals surface area (Å²) in [6.45, 7) is 2.45. The van der Waals surface area contributed by atoms with Gasteiger partial charge in [-0.2, -0.15) is 0 Å². The largest absolute Gasteiger partial charge is 0.493 e. The van der Waals surface area contributed by atoms with E-state index in [1.54, 1.807) is 31.4 Å². The molecule has 0 radical (unpaired) electrons. The highest BCUT2D eigenvalue weighted by molar-refractivity contribution is 6.12. The molecule has 0 saturated heterocycles. The van der Waals surface area contributed by atoms with Crippen molar-refractivity contribution in [3.8, 4) is 11.5 Å². The second kappa shape index (κ2) is 8.83. The third kappa shape index (κ3) is 4.80. The lowest BCUT2D eigenvalue weighted by Gasteiger charge is -2.11. The lowest BCUT2D eigenvalue weighted by atomic mass is 10.1. The second-order valence-electron chi connectivity index (χ2n) is 7.03. The molecule has 1 aliphatic rings. The van der Waals surface area contributed by atoms with Crippen molar-refractivity contribution in [3.05, 3.63) is 100 Å². The van der Waals surface area contributed by atoms with Gasteiger partial charge in [-0.1, -0.05) is 35.9 Å². The molecule has 0 spiro atoms. The van der Waals surface area contributed by atoms with Gasteiger partial charge in [-0.15, -0.1) is 0 Å². The Morgan fingerprint density at radius 1 is 1.00 bits per heavy atom. The van der Waals surface area contributed by atoms with E-state index in [1.165, 1.54) is 29.8 Å². The summed E-state index contributed by atoms with van der Waals surface area (Å²) in [6.07, 6.45) is 1.60. The molecule has 4 rings (SSSR count). The molecule has 0 aromatic heterocycles. The van der Waals surface area contributed by atoms with Crippen molar-refractivity contribution in [3.63, 3.8) is 0 Å². The molecule has 0 fully saturated rings. The van der Waals surface area contributed by atoms with Crippen LogP contribution in [0.15, 0.2) is 77.4 Å². The zero-order valence-corrected chi connectivity index (χ0v) is 17.1. The molecule has 3 aromatic rings. The van der Waals surface area contributed by atoms with E-state index in [0.29, 0.717) is 29.2 Å². The van der Waals surface area contributed by atoms with Crippen molar-refractivity contribution in [2.24, 2.45) is 4.99 Å². The van der Waals surface area contributed by atoms with Crippen LogP contribution in [0.4, 0.5) is 4.39 Å². The van der Waals surface area contributed by atoms with E-state index < -0.39 is 5.97 Å². The number of rotatable bonds is 6. The molecule has 0 N–H and O–H groups in total. The van der Waals surface area contributed by atoms with E-state index >= 15 is 0 Å². The van der Waals surface area contributed by atoms with E-state index in [9.17, 15) is 9.18 Å². The first-order valence-corrected chi connectivity index (χ1v) is 9.67. The Morgan fingerprint density at radius 3 is 2.45 bits per heavy atom. The lowest BCUT2D eigenvalue weighted by Crippen LogP contribution is -2.05. The third-order valence-corrected chi connectivity index (χ3v) is 4.72. The number of aliphatic imine (C=N–C) groups is 1. The summed E-state index contributed by atoms with van der Waals surface area (Å²) in [6, 6.07) is 19.0. The van der Waals surface area contributed by atoms with E-state index in [-0.39, 0.29) is 17.4 Å². The van der Waals surface area contributed by atoms with Crippen LogP contribution in [-0.2, 0) is 16.1 Å². The number of cyclic esters (lactones) is 1. The van der Waals surface area contributed by atoms with Gasteiger partial charge in [0, 0.05) is 5.56 Å². The van der Waals surface area contributed by atoms with Crippen LogP contribution in [0.2, 0.25) is 0 Å². The van der Waals surface area contributed by atoms with E-state index in [0.717, 1.165) is 5.56 Å². The Kier molecular flexibility index (Phi) is 5.80. The SMILES string of the molecule is COc1cc(/C=C2\N=C(c3ccc(F)cc3)OC2=O)ccc1OCc1ccc(C)cc1. The van der Waals surface area contributed by atoms with Gasteiger partial charge in [0.05, 0.1) is 7.11 Å². The van der Waals surface area contributed by atoms with Crippen LogP contribution in [0.3, 0.4) is 0 Å². The molecule has 156 valence electrons. The summed E-state index contributed by atoms with van der Waals surface area (Å²) in [5.74, 6) is 0.325. The van der Waals surface area contributed by atoms with Crippen molar-refractivity contribution < 1.29 is 23.4 Å². The number of nitrogens with zero attached hydrogens (tertiary/aromatic N) is 1. The van der Waals surface area contributed by atoms with E-state index in [2.05, 4.69) is 4.99 Å². The van der Waals surface area contributed by atoms with Crippen LogP contribution >= 0.6 is 0 Å².